The average molecular weight is 432 g/mol. The number of nitrogens with one attached hydrogen (secondary N) is 1. The molecule has 0 unspecified atom stereocenters. The predicted molar refractivity (Wildman–Crippen MR) is 111 cm³/mol. The van der Waals surface area contributed by atoms with Gasteiger partial charge in [0.2, 0.25) is 10.0 Å². The van der Waals surface area contributed by atoms with Crippen molar-refractivity contribution in [1.29, 1.82) is 0 Å². The van der Waals surface area contributed by atoms with Gasteiger partial charge in [0.15, 0.2) is 5.75 Å². The highest BCUT2D eigenvalue weighted by Gasteiger charge is 2.16. The molecule has 8 heteroatoms. The first-order valence-electron chi connectivity index (χ1n) is 8.52. The maximum absolute atomic E-state index is 11.9. The minimum atomic E-state index is -3.43. The maximum Gasteiger partial charge on any atom is 0.232 e. The van der Waals surface area contributed by atoms with Crippen molar-refractivity contribution in [1.82, 2.24) is 0 Å². The van der Waals surface area contributed by atoms with E-state index in [0.717, 1.165) is 11.3 Å². The molecule has 0 aliphatic heterocycles. The van der Waals surface area contributed by atoms with Crippen molar-refractivity contribution in [2.75, 3.05) is 17.6 Å². The van der Waals surface area contributed by atoms with Gasteiger partial charge in [0.1, 0.15) is 11.5 Å². The molecule has 0 radical (unpaired) electrons. The third kappa shape index (κ3) is 5.67. The molecule has 0 fully saturated rings. The molecule has 0 heterocycles. The van der Waals surface area contributed by atoms with E-state index < -0.39 is 10.0 Å². The van der Waals surface area contributed by atoms with E-state index >= 15 is 0 Å². The number of sulfonamides is 1. The van der Waals surface area contributed by atoms with E-state index in [-0.39, 0.29) is 27.5 Å². The number of rotatable bonds is 8. The Hall–Kier alpha value is -1.63. The summed E-state index contributed by atoms with van der Waals surface area (Å²) in [6, 6.07) is 8.40. The van der Waals surface area contributed by atoms with Gasteiger partial charge < -0.3 is 9.47 Å². The molecule has 1 N–H and O–H groups in total. The van der Waals surface area contributed by atoms with Gasteiger partial charge in [-0.05, 0) is 42.7 Å². The van der Waals surface area contributed by atoms with Crippen LogP contribution in [0.4, 0.5) is 5.69 Å². The van der Waals surface area contributed by atoms with E-state index in [1.807, 2.05) is 12.1 Å². The minimum absolute atomic E-state index is 0.0182. The molecule has 0 aromatic heterocycles. The Morgan fingerprint density at radius 2 is 1.74 bits per heavy atom. The summed E-state index contributed by atoms with van der Waals surface area (Å²) in [6.45, 7) is 5.90. The summed E-state index contributed by atoms with van der Waals surface area (Å²) >= 11 is 12.6. The van der Waals surface area contributed by atoms with Crippen LogP contribution in [0.5, 0.6) is 17.2 Å². The molecule has 2 aromatic carbocycles. The van der Waals surface area contributed by atoms with Crippen LogP contribution in [0.25, 0.3) is 0 Å². The summed E-state index contributed by atoms with van der Waals surface area (Å²) < 4.78 is 37.5. The van der Waals surface area contributed by atoms with Gasteiger partial charge in [-0.3, -0.25) is 4.72 Å². The van der Waals surface area contributed by atoms with Gasteiger partial charge in [-0.1, -0.05) is 44.0 Å². The summed E-state index contributed by atoms with van der Waals surface area (Å²) in [7, 11) is -1.82. The molecule has 2 aromatic rings. The van der Waals surface area contributed by atoms with Crippen LogP contribution in [-0.2, 0) is 10.0 Å². The molecule has 5 nitrogen and oxygen atoms in total. The molecule has 0 aliphatic carbocycles. The van der Waals surface area contributed by atoms with E-state index in [1.165, 1.54) is 12.1 Å². The van der Waals surface area contributed by atoms with Gasteiger partial charge in [-0.2, -0.15) is 0 Å². The number of ether oxygens (including phenoxy) is 2. The predicted octanol–water partition coefficient (Wildman–Crippen LogP) is 6.07. The number of benzene rings is 2. The molecule has 0 saturated carbocycles. The second kappa shape index (κ2) is 9.04. The zero-order valence-corrected chi connectivity index (χ0v) is 18.0. The Balaban J connectivity index is 2.31. The smallest absolute Gasteiger partial charge is 0.232 e. The zero-order valence-electron chi connectivity index (χ0n) is 15.7. The lowest BCUT2D eigenvalue weighted by Crippen LogP contribution is -2.16. The molecular formula is C19H23Cl2NO4S. The number of methoxy groups -OCH3 is 1. The number of hydrogen-bond acceptors (Lipinski definition) is 4. The molecule has 27 heavy (non-hydrogen) atoms. The normalized spacial score (nSPS) is 11.5. The van der Waals surface area contributed by atoms with Crippen LogP contribution in [0.15, 0.2) is 30.3 Å². The highest BCUT2D eigenvalue weighted by Crippen LogP contribution is 2.40. The minimum Gasteiger partial charge on any atom is -0.496 e. The van der Waals surface area contributed by atoms with E-state index in [2.05, 4.69) is 18.6 Å². The van der Waals surface area contributed by atoms with Crippen molar-refractivity contribution in [2.45, 2.75) is 33.1 Å². The van der Waals surface area contributed by atoms with Crippen LogP contribution in [0.3, 0.4) is 0 Å². The van der Waals surface area contributed by atoms with Gasteiger partial charge in [0.05, 0.1) is 28.6 Å². The lowest BCUT2D eigenvalue weighted by Gasteiger charge is -2.16. The van der Waals surface area contributed by atoms with E-state index in [1.54, 1.807) is 20.1 Å². The topological polar surface area (TPSA) is 64.6 Å². The first-order valence-corrected chi connectivity index (χ1v) is 10.9. The van der Waals surface area contributed by atoms with Crippen LogP contribution in [-0.4, -0.2) is 21.3 Å². The average Bonchev–Trinajstić information content (AvgIpc) is 2.57. The van der Waals surface area contributed by atoms with Crippen LogP contribution in [0.2, 0.25) is 10.0 Å². The standard InChI is InChI=1S/C19H23Cl2NO4S/c1-5-8-27(23,24)22-13-9-16(20)19(17(21)10-13)26-14-6-7-18(25-4)15(11-14)12(2)3/h6-7,9-12,22H,5,8H2,1-4H3. The Labute approximate surface area is 170 Å². The fourth-order valence-electron chi connectivity index (χ4n) is 2.56. The van der Waals surface area contributed by atoms with Crippen LogP contribution < -0.4 is 14.2 Å². The molecule has 2 rings (SSSR count). The second-order valence-corrected chi connectivity index (χ2v) is 9.01. The largest absolute Gasteiger partial charge is 0.496 e. The molecule has 0 atom stereocenters. The molecule has 0 bridgehead atoms. The highest BCUT2D eigenvalue weighted by molar-refractivity contribution is 7.92. The zero-order chi connectivity index (χ0) is 20.2. The molecular weight excluding hydrogens is 409 g/mol. The van der Waals surface area contributed by atoms with Gasteiger partial charge >= 0.3 is 0 Å². The summed E-state index contributed by atoms with van der Waals surface area (Å²) in [5.41, 5.74) is 1.29. The van der Waals surface area contributed by atoms with Crippen LogP contribution >= 0.6 is 23.2 Å². The third-order valence-electron chi connectivity index (χ3n) is 3.79. The second-order valence-electron chi connectivity index (χ2n) is 6.35. The first kappa shape index (κ1) is 21.7. The van der Waals surface area contributed by atoms with Crippen LogP contribution in [0, 0.1) is 0 Å². The van der Waals surface area contributed by atoms with Crippen molar-refractivity contribution in [3.63, 3.8) is 0 Å². The quantitative estimate of drug-likeness (QED) is 0.550. The molecule has 0 amide bonds. The van der Waals surface area contributed by atoms with Crippen molar-refractivity contribution in [3.05, 3.63) is 45.9 Å². The lowest BCUT2D eigenvalue weighted by atomic mass is 10.0. The Kier molecular flexibility index (Phi) is 7.25. The lowest BCUT2D eigenvalue weighted by molar-refractivity contribution is 0.405. The van der Waals surface area contributed by atoms with Gasteiger partial charge in [0.25, 0.3) is 0 Å². The highest BCUT2D eigenvalue weighted by atomic mass is 35.5. The van der Waals surface area contributed by atoms with Gasteiger partial charge in [-0.15, -0.1) is 0 Å². The van der Waals surface area contributed by atoms with E-state index in [4.69, 9.17) is 32.7 Å². The maximum atomic E-state index is 11.9. The number of anilines is 1. The summed E-state index contributed by atoms with van der Waals surface area (Å²) in [5, 5.41) is 0.414. The molecule has 0 spiro atoms. The Bertz CT molecular complexity index is 891. The molecule has 0 saturated heterocycles. The number of hydrogen-bond donors (Lipinski definition) is 1. The number of halogens is 2. The third-order valence-corrected chi connectivity index (χ3v) is 5.84. The van der Waals surface area contributed by atoms with Crippen molar-refractivity contribution < 1.29 is 17.9 Å². The van der Waals surface area contributed by atoms with Crippen molar-refractivity contribution in [3.8, 4) is 17.2 Å². The van der Waals surface area contributed by atoms with Crippen molar-refractivity contribution in [2.24, 2.45) is 0 Å². The SMILES string of the molecule is CCCS(=O)(=O)Nc1cc(Cl)c(Oc2ccc(OC)c(C(C)C)c2)c(Cl)c1. The Morgan fingerprint density at radius 1 is 1.11 bits per heavy atom. The molecule has 0 aliphatic rings. The Morgan fingerprint density at radius 3 is 2.26 bits per heavy atom. The van der Waals surface area contributed by atoms with Crippen molar-refractivity contribution >= 4 is 38.9 Å². The molecule has 148 valence electrons. The van der Waals surface area contributed by atoms with E-state index in [9.17, 15) is 8.42 Å². The van der Waals surface area contributed by atoms with Crippen LogP contribution in [0.1, 0.15) is 38.7 Å². The fourth-order valence-corrected chi connectivity index (χ4v) is 4.24. The van der Waals surface area contributed by atoms with Gasteiger partial charge in [-0.25, -0.2) is 8.42 Å². The van der Waals surface area contributed by atoms with Gasteiger partial charge in [0, 0.05) is 5.56 Å². The first-order chi connectivity index (χ1) is 12.7. The van der Waals surface area contributed by atoms with E-state index in [0.29, 0.717) is 17.9 Å². The summed E-state index contributed by atoms with van der Waals surface area (Å²) in [5.74, 6) is 1.85. The monoisotopic (exact) mass is 431 g/mol. The summed E-state index contributed by atoms with van der Waals surface area (Å²) in [4.78, 5) is 0. The fraction of sp³-hybridized carbons (Fsp3) is 0.368. The summed E-state index contributed by atoms with van der Waals surface area (Å²) in [6.07, 6.45) is 0.508.